The van der Waals surface area contributed by atoms with E-state index in [0.717, 1.165) is 11.1 Å². The third-order valence-electron chi connectivity index (χ3n) is 7.13. The van der Waals surface area contributed by atoms with Crippen molar-refractivity contribution in [3.63, 3.8) is 0 Å². The lowest BCUT2D eigenvalue weighted by molar-refractivity contribution is -0.123. The number of hydrogen-bond donors (Lipinski definition) is 5. The van der Waals surface area contributed by atoms with Gasteiger partial charge in [0.05, 0.1) is 11.5 Å². The molecule has 11 heteroatoms. The number of carbonyl (C=O) groups excluding carboxylic acids is 1. The Morgan fingerprint density at radius 2 is 1.44 bits per heavy atom. The molecule has 0 aromatic heterocycles. The number of carboxylic acid groups (broad SMARTS) is 1. The summed E-state index contributed by atoms with van der Waals surface area (Å²) < 4.78 is 28.3. The van der Waals surface area contributed by atoms with Crippen LogP contribution in [0, 0.1) is 5.92 Å². The van der Waals surface area contributed by atoms with Crippen LogP contribution in [0.1, 0.15) is 50.2 Å². The minimum absolute atomic E-state index is 0.0257. The normalized spacial score (nSPS) is 13.2. The van der Waals surface area contributed by atoms with E-state index in [2.05, 4.69) is 10.6 Å². The molecule has 2 atom stereocenters. The number of unbranched alkanes of at least 4 members (excludes halogenated alkanes) is 1. The molecular weight excluding hydrogens is 568 g/mol. The predicted molar refractivity (Wildman–Crippen MR) is 167 cm³/mol. The van der Waals surface area contributed by atoms with Gasteiger partial charge >= 0.3 is 6.09 Å². The molecular formula is C32H42N4O6S. The van der Waals surface area contributed by atoms with E-state index >= 15 is 0 Å². The first kappa shape index (κ1) is 33.6. The number of benzene rings is 3. The summed E-state index contributed by atoms with van der Waals surface area (Å²) in [5.74, 6) is -0.996. The molecule has 43 heavy (non-hydrogen) atoms. The minimum atomic E-state index is -3.88. The number of carbonyl (C=O) groups is 2. The fourth-order valence-electron chi connectivity index (χ4n) is 5.06. The molecule has 0 unspecified atom stereocenters. The largest absolute Gasteiger partial charge is 0.465 e. The second-order valence-corrected chi connectivity index (χ2v) is 12.8. The topological polar surface area (TPSA) is 162 Å². The van der Waals surface area contributed by atoms with Crippen molar-refractivity contribution in [2.75, 3.05) is 25.4 Å². The molecule has 0 aliphatic rings. The van der Waals surface area contributed by atoms with Crippen LogP contribution in [0.15, 0.2) is 89.8 Å². The second-order valence-electron chi connectivity index (χ2n) is 10.9. The Morgan fingerprint density at radius 3 is 1.93 bits per heavy atom. The Kier molecular flexibility index (Phi) is 12.5. The standard InChI is InChI=1S/C32H42N4O6S/c1-23(2)21-36(43(41,42)28-18-16-26(33)17-19-28)27(22-37)15-9-10-20-34-31(38)30(35-32(39)40)29(24-11-5-3-6-12-24)25-13-7-4-8-14-25/h3-8,11-14,16-19,23,27,29-30,35,37H,9-10,15,20-22,33H2,1-2H3,(H,34,38)(H,39,40)/t27-,30-/m0/s1. The van der Waals surface area contributed by atoms with Crippen molar-refractivity contribution in [2.24, 2.45) is 5.92 Å². The molecule has 0 bridgehead atoms. The summed E-state index contributed by atoms with van der Waals surface area (Å²) in [7, 11) is -3.88. The Hall–Kier alpha value is -3.93. The molecule has 0 heterocycles. The molecule has 2 amide bonds. The summed E-state index contributed by atoms with van der Waals surface area (Å²) in [6.07, 6.45) is 0.0897. The number of hydrogen-bond acceptors (Lipinski definition) is 6. The van der Waals surface area contributed by atoms with Gasteiger partial charge in [-0.25, -0.2) is 13.2 Å². The smallest absolute Gasteiger partial charge is 0.405 e. The van der Waals surface area contributed by atoms with Gasteiger partial charge in [-0.15, -0.1) is 0 Å². The maximum atomic E-state index is 13.5. The Labute approximate surface area is 254 Å². The fourth-order valence-corrected chi connectivity index (χ4v) is 6.87. The average molecular weight is 611 g/mol. The quantitative estimate of drug-likeness (QED) is 0.121. The first-order valence-electron chi connectivity index (χ1n) is 14.4. The van der Waals surface area contributed by atoms with E-state index in [1.165, 1.54) is 28.6 Å². The highest BCUT2D eigenvalue weighted by atomic mass is 32.2. The Bertz CT molecular complexity index is 1360. The van der Waals surface area contributed by atoms with Crippen LogP contribution < -0.4 is 16.4 Å². The van der Waals surface area contributed by atoms with Gasteiger partial charge in [0, 0.05) is 30.7 Å². The van der Waals surface area contributed by atoms with Crippen molar-refractivity contribution in [3.05, 3.63) is 96.1 Å². The predicted octanol–water partition coefficient (Wildman–Crippen LogP) is 4.03. The number of nitrogen functional groups attached to an aromatic ring is 1. The molecule has 0 saturated heterocycles. The van der Waals surface area contributed by atoms with Crippen LogP contribution in [0.2, 0.25) is 0 Å². The van der Waals surface area contributed by atoms with Gasteiger partial charge in [0.2, 0.25) is 15.9 Å². The van der Waals surface area contributed by atoms with Crippen molar-refractivity contribution in [1.82, 2.24) is 14.9 Å². The molecule has 10 nitrogen and oxygen atoms in total. The number of nitrogens with one attached hydrogen (secondary N) is 2. The Morgan fingerprint density at radius 1 is 0.884 bits per heavy atom. The van der Waals surface area contributed by atoms with E-state index in [-0.39, 0.29) is 30.5 Å². The van der Waals surface area contributed by atoms with Gasteiger partial charge in [-0.3, -0.25) is 4.79 Å². The van der Waals surface area contributed by atoms with Crippen LogP contribution in [0.4, 0.5) is 10.5 Å². The van der Waals surface area contributed by atoms with Crippen LogP contribution in [0.3, 0.4) is 0 Å². The zero-order chi connectivity index (χ0) is 31.4. The van der Waals surface area contributed by atoms with Gasteiger partial charge in [0.1, 0.15) is 6.04 Å². The van der Waals surface area contributed by atoms with Crippen molar-refractivity contribution in [1.29, 1.82) is 0 Å². The first-order chi connectivity index (χ1) is 20.5. The van der Waals surface area contributed by atoms with Crippen molar-refractivity contribution in [2.45, 2.75) is 56.0 Å². The third-order valence-corrected chi connectivity index (χ3v) is 9.06. The lowest BCUT2D eigenvalue weighted by Crippen LogP contribution is -2.50. The first-order valence-corrected chi connectivity index (χ1v) is 15.8. The van der Waals surface area contributed by atoms with Gasteiger partial charge in [0.25, 0.3) is 0 Å². The number of anilines is 1. The summed E-state index contributed by atoms with van der Waals surface area (Å²) in [5, 5.41) is 25.0. The number of rotatable bonds is 16. The molecule has 0 saturated carbocycles. The minimum Gasteiger partial charge on any atom is -0.465 e. The van der Waals surface area contributed by atoms with Gasteiger partial charge in [0.15, 0.2) is 0 Å². The number of sulfonamides is 1. The molecule has 3 aromatic carbocycles. The van der Waals surface area contributed by atoms with Gasteiger partial charge in [-0.1, -0.05) is 80.9 Å². The molecule has 3 rings (SSSR count). The van der Waals surface area contributed by atoms with Crippen LogP contribution in [-0.4, -0.2) is 66.7 Å². The lowest BCUT2D eigenvalue weighted by Gasteiger charge is -2.31. The highest BCUT2D eigenvalue weighted by molar-refractivity contribution is 7.89. The van der Waals surface area contributed by atoms with E-state index < -0.39 is 40.0 Å². The Balaban J connectivity index is 1.68. The average Bonchev–Trinajstić information content (AvgIpc) is 2.98. The van der Waals surface area contributed by atoms with E-state index in [1.807, 2.05) is 74.5 Å². The summed E-state index contributed by atoms with van der Waals surface area (Å²) in [4.78, 5) is 25.2. The van der Waals surface area contributed by atoms with E-state index in [0.29, 0.717) is 24.9 Å². The van der Waals surface area contributed by atoms with E-state index in [1.54, 1.807) is 0 Å². The maximum Gasteiger partial charge on any atom is 0.405 e. The van der Waals surface area contributed by atoms with Crippen LogP contribution in [0.25, 0.3) is 0 Å². The van der Waals surface area contributed by atoms with Crippen molar-refractivity contribution < 1.29 is 28.2 Å². The number of amides is 2. The summed E-state index contributed by atoms with van der Waals surface area (Å²) in [6.45, 7) is 3.95. The summed E-state index contributed by atoms with van der Waals surface area (Å²) in [6, 6.07) is 22.8. The second kappa shape index (κ2) is 16.1. The zero-order valence-corrected chi connectivity index (χ0v) is 25.4. The van der Waals surface area contributed by atoms with Gasteiger partial charge in [-0.2, -0.15) is 4.31 Å². The highest BCUT2D eigenvalue weighted by Crippen LogP contribution is 2.29. The number of aliphatic hydroxyl groups excluding tert-OH is 1. The van der Waals surface area contributed by atoms with E-state index in [9.17, 15) is 28.2 Å². The summed E-state index contributed by atoms with van der Waals surface area (Å²) in [5.41, 5.74) is 7.77. The van der Waals surface area contributed by atoms with Crippen molar-refractivity contribution >= 4 is 27.7 Å². The zero-order valence-electron chi connectivity index (χ0n) is 24.6. The number of nitrogens with zero attached hydrogens (tertiary/aromatic N) is 1. The molecule has 0 aliphatic heterocycles. The summed E-state index contributed by atoms with van der Waals surface area (Å²) >= 11 is 0. The third kappa shape index (κ3) is 9.54. The molecule has 232 valence electrons. The molecule has 0 spiro atoms. The maximum absolute atomic E-state index is 13.5. The van der Waals surface area contributed by atoms with Crippen LogP contribution in [0.5, 0.6) is 0 Å². The lowest BCUT2D eigenvalue weighted by atomic mass is 9.84. The number of aliphatic hydroxyl groups is 1. The van der Waals surface area contributed by atoms with Crippen LogP contribution in [-0.2, 0) is 14.8 Å². The highest BCUT2D eigenvalue weighted by Gasteiger charge is 2.33. The van der Waals surface area contributed by atoms with Gasteiger partial charge < -0.3 is 26.6 Å². The molecule has 6 N–H and O–H groups in total. The molecule has 0 fully saturated rings. The van der Waals surface area contributed by atoms with Crippen molar-refractivity contribution in [3.8, 4) is 0 Å². The number of nitrogens with two attached hydrogens (primary N) is 1. The fraction of sp³-hybridized carbons (Fsp3) is 0.375. The van der Waals surface area contributed by atoms with Crippen LogP contribution >= 0.6 is 0 Å². The van der Waals surface area contributed by atoms with Gasteiger partial charge in [-0.05, 0) is 54.2 Å². The molecule has 0 radical (unpaired) electrons. The SMILES string of the molecule is CC(C)CN([C@H](CO)CCCCNC(=O)[C@@H](NC(=O)O)C(c1ccccc1)c1ccccc1)S(=O)(=O)c1ccc(N)cc1. The molecule has 3 aromatic rings. The monoisotopic (exact) mass is 610 g/mol. The van der Waals surface area contributed by atoms with E-state index in [4.69, 9.17) is 5.73 Å². The molecule has 0 aliphatic carbocycles.